The predicted octanol–water partition coefficient (Wildman–Crippen LogP) is 12.3. The smallest absolute Gasteiger partial charge is 0.135 e. The minimum atomic E-state index is 0.875. The lowest BCUT2D eigenvalue weighted by Gasteiger charge is -2.22. The van der Waals surface area contributed by atoms with Gasteiger partial charge in [-0.15, -0.1) is 0 Å². The molecule has 0 amide bonds. The highest BCUT2D eigenvalue weighted by molar-refractivity contribution is 6.14. The molecule has 1 heteroatoms. The maximum Gasteiger partial charge on any atom is 0.135 e. The topological polar surface area (TPSA) is 13.1 Å². The number of furan rings is 1. The summed E-state index contributed by atoms with van der Waals surface area (Å²) in [4.78, 5) is 0. The van der Waals surface area contributed by atoms with E-state index in [1.807, 2.05) is 42.5 Å². The van der Waals surface area contributed by atoms with Gasteiger partial charge in [-0.2, -0.15) is 0 Å². The minimum Gasteiger partial charge on any atom is -0.456 e. The number of hydrogen-bond acceptors (Lipinski definition) is 1. The van der Waals surface area contributed by atoms with Crippen LogP contribution in [0.5, 0.6) is 0 Å². The summed E-state index contributed by atoms with van der Waals surface area (Å²) in [6.07, 6.45) is 7.77. The minimum absolute atomic E-state index is 0.875. The average Bonchev–Trinajstić information content (AvgIpc) is 3.44. The molecule has 0 aliphatic rings. The molecule has 0 unspecified atom stereocenters. The summed E-state index contributed by atoms with van der Waals surface area (Å²) in [5, 5.41) is 4.48. The van der Waals surface area contributed by atoms with Gasteiger partial charge in [-0.1, -0.05) is 129 Å². The number of para-hydroxylation sites is 1. The van der Waals surface area contributed by atoms with Crippen LogP contribution in [0.25, 0.3) is 90.4 Å². The van der Waals surface area contributed by atoms with Gasteiger partial charge in [0.15, 0.2) is 0 Å². The molecule has 0 atom stereocenters. The zero-order valence-corrected chi connectivity index (χ0v) is 23.9. The zero-order valence-electron chi connectivity index (χ0n) is 23.9. The van der Waals surface area contributed by atoms with Crippen LogP contribution in [0.15, 0.2) is 140 Å². The Balaban J connectivity index is 1.59. The molecule has 1 heterocycles. The van der Waals surface area contributed by atoms with Gasteiger partial charge < -0.3 is 4.42 Å². The molecule has 0 N–H and O–H groups in total. The summed E-state index contributed by atoms with van der Waals surface area (Å²) in [6, 6.07) is 38.2. The van der Waals surface area contributed by atoms with E-state index in [-0.39, 0.29) is 0 Å². The highest BCUT2D eigenvalue weighted by Gasteiger charge is 2.22. The molecule has 0 spiro atoms. The molecule has 0 saturated heterocycles. The fraction of sp³-hybridized carbons (Fsp3) is 0. The first-order valence-corrected chi connectivity index (χ1v) is 14.4. The molecule has 1 aromatic heterocycles. The van der Waals surface area contributed by atoms with Crippen molar-refractivity contribution in [1.29, 1.82) is 0 Å². The fourth-order valence-electron chi connectivity index (χ4n) is 6.46. The van der Waals surface area contributed by atoms with Crippen LogP contribution >= 0.6 is 0 Å². The summed E-state index contributed by atoms with van der Waals surface area (Å²) in [6.45, 7) is 17.0. The summed E-state index contributed by atoms with van der Waals surface area (Å²) in [5.41, 5.74) is 12.6. The predicted molar refractivity (Wildman–Crippen MR) is 188 cm³/mol. The van der Waals surface area contributed by atoms with Crippen LogP contribution < -0.4 is 0 Å². The second kappa shape index (κ2) is 10.6. The van der Waals surface area contributed by atoms with Gasteiger partial charge in [0.1, 0.15) is 11.2 Å². The average molecular weight is 551 g/mol. The van der Waals surface area contributed by atoms with Gasteiger partial charge in [-0.25, -0.2) is 0 Å². The van der Waals surface area contributed by atoms with E-state index in [1.165, 1.54) is 0 Å². The molecule has 43 heavy (non-hydrogen) atoms. The number of hydrogen-bond donors (Lipinski definition) is 0. The van der Waals surface area contributed by atoms with Gasteiger partial charge >= 0.3 is 0 Å². The van der Waals surface area contributed by atoms with Crippen molar-refractivity contribution in [2.75, 3.05) is 0 Å². The summed E-state index contributed by atoms with van der Waals surface area (Å²) < 4.78 is 6.15. The molecule has 0 radical (unpaired) electrons. The molecule has 0 saturated carbocycles. The second-order valence-corrected chi connectivity index (χ2v) is 10.6. The highest BCUT2D eigenvalue weighted by atomic mass is 16.3. The molecular formula is C42H30O. The SMILES string of the molecule is C=Cc1cc(-c2ccccc2)cc(-c2c(C=C)c(C=C)c(-c3ccc4oc5ccccc5c4c3)c3ccccc23)c1C=C. The van der Waals surface area contributed by atoms with E-state index >= 15 is 0 Å². The monoisotopic (exact) mass is 550 g/mol. The maximum absolute atomic E-state index is 6.15. The molecule has 0 bridgehead atoms. The van der Waals surface area contributed by atoms with Crippen molar-refractivity contribution in [3.63, 3.8) is 0 Å². The van der Waals surface area contributed by atoms with Crippen LogP contribution in [-0.4, -0.2) is 0 Å². The lowest BCUT2D eigenvalue weighted by atomic mass is 9.80. The molecule has 0 fully saturated rings. The molecule has 204 valence electrons. The Hall–Kier alpha value is -5.66. The lowest BCUT2D eigenvalue weighted by molar-refractivity contribution is 0.669. The largest absolute Gasteiger partial charge is 0.456 e. The summed E-state index contributed by atoms with van der Waals surface area (Å²) >= 11 is 0. The first kappa shape index (κ1) is 26.3. The van der Waals surface area contributed by atoms with Crippen LogP contribution in [-0.2, 0) is 0 Å². The van der Waals surface area contributed by atoms with Crippen molar-refractivity contribution in [3.8, 4) is 33.4 Å². The maximum atomic E-state index is 6.15. The third kappa shape index (κ3) is 4.17. The Morgan fingerprint density at radius 2 is 1.02 bits per heavy atom. The summed E-state index contributed by atoms with van der Waals surface area (Å²) in [7, 11) is 0. The molecule has 7 rings (SSSR count). The molecular weight excluding hydrogens is 520 g/mol. The Kier molecular flexibility index (Phi) is 6.49. The van der Waals surface area contributed by atoms with Crippen molar-refractivity contribution >= 4 is 57.0 Å². The third-order valence-electron chi connectivity index (χ3n) is 8.38. The van der Waals surface area contributed by atoms with Crippen LogP contribution in [0.2, 0.25) is 0 Å². The molecule has 7 aromatic rings. The van der Waals surface area contributed by atoms with E-state index in [1.54, 1.807) is 0 Å². The number of fused-ring (bicyclic) bond motifs is 4. The first-order valence-electron chi connectivity index (χ1n) is 14.4. The van der Waals surface area contributed by atoms with Gasteiger partial charge in [0, 0.05) is 10.8 Å². The third-order valence-corrected chi connectivity index (χ3v) is 8.38. The van der Waals surface area contributed by atoms with Gasteiger partial charge in [-0.05, 0) is 96.7 Å². The Bertz CT molecular complexity index is 2240. The van der Waals surface area contributed by atoms with Crippen molar-refractivity contribution in [1.82, 2.24) is 0 Å². The molecule has 0 aliphatic carbocycles. The van der Waals surface area contributed by atoms with Crippen molar-refractivity contribution in [2.24, 2.45) is 0 Å². The number of benzene rings is 6. The van der Waals surface area contributed by atoms with E-state index in [9.17, 15) is 0 Å². The van der Waals surface area contributed by atoms with Crippen molar-refractivity contribution < 1.29 is 4.42 Å². The Morgan fingerprint density at radius 3 is 1.72 bits per heavy atom. The van der Waals surface area contributed by atoms with E-state index < -0.39 is 0 Å². The molecule has 0 aliphatic heterocycles. The van der Waals surface area contributed by atoms with Crippen LogP contribution in [0.3, 0.4) is 0 Å². The van der Waals surface area contributed by atoms with Gasteiger partial charge in [0.2, 0.25) is 0 Å². The van der Waals surface area contributed by atoms with Crippen LogP contribution in [0.1, 0.15) is 22.3 Å². The second-order valence-electron chi connectivity index (χ2n) is 10.6. The van der Waals surface area contributed by atoms with E-state index in [2.05, 4.69) is 117 Å². The summed E-state index contributed by atoms with van der Waals surface area (Å²) in [5.74, 6) is 0. The van der Waals surface area contributed by atoms with Crippen LogP contribution in [0, 0.1) is 0 Å². The highest BCUT2D eigenvalue weighted by Crippen LogP contribution is 2.46. The molecule has 1 nitrogen and oxygen atoms in total. The normalized spacial score (nSPS) is 11.2. The first-order chi connectivity index (χ1) is 21.2. The fourth-order valence-corrected chi connectivity index (χ4v) is 6.46. The van der Waals surface area contributed by atoms with E-state index in [4.69, 9.17) is 4.42 Å². The van der Waals surface area contributed by atoms with Crippen molar-refractivity contribution in [3.05, 3.63) is 158 Å². The van der Waals surface area contributed by atoms with E-state index in [0.29, 0.717) is 0 Å². The van der Waals surface area contributed by atoms with Crippen LogP contribution in [0.4, 0.5) is 0 Å². The Labute approximate surface area is 252 Å². The van der Waals surface area contributed by atoms with Gasteiger partial charge in [0.05, 0.1) is 0 Å². The van der Waals surface area contributed by atoms with Gasteiger partial charge in [0.25, 0.3) is 0 Å². The lowest BCUT2D eigenvalue weighted by Crippen LogP contribution is -1.98. The number of rotatable bonds is 7. The zero-order chi connectivity index (χ0) is 29.5. The quantitative estimate of drug-likeness (QED) is 0.192. The van der Waals surface area contributed by atoms with Gasteiger partial charge in [-0.3, -0.25) is 0 Å². The Morgan fingerprint density at radius 1 is 0.419 bits per heavy atom. The molecule has 6 aromatic carbocycles. The van der Waals surface area contributed by atoms with Crippen molar-refractivity contribution in [2.45, 2.75) is 0 Å². The standard InChI is InChI=1S/C42H30O/c1-5-27-24-30(28-16-10-9-11-17-28)26-38(31(27)6-2)42-33(8-4)32(7-3)41(35-19-12-13-20-36(35)42)29-22-23-40-37(25-29)34-18-14-15-21-39(34)43-40/h5-26H,1-4H2. The van der Waals surface area contributed by atoms with E-state index in [0.717, 1.165) is 88.3 Å².